The molecule has 1 aromatic heterocycles. The quantitative estimate of drug-likeness (QED) is 0.848. The van der Waals surface area contributed by atoms with Crippen LogP contribution in [0.3, 0.4) is 0 Å². The molecule has 0 atom stereocenters. The lowest BCUT2D eigenvalue weighted by molar-refractivity contribution is 0.0561. The highest BCUT2D eigenvalue weighted by Crippen LogP contribution is 2.22. The Morgan fingerprint density at radius 1 is 1.18 bits per heavy atom. The first-order valence-corrected chi connectivity index (χ1v) is 7.81. The van der Waals surface area contributed by atoms with Gasteiger partial charge in [0.2, 0.25) is 0 Å². The van der Waals surface area contributed by atoms with Gasteiger partial charge in [-0.25, -0.2) is 4.79 Å². The fraction of sp³-hybridized carbons (Fsp3) is 0.643. The summed E-state index contributed by atoms with van der Waals surface area (Å²) in [5.74, 6) is -0.143. The van der Waals surface area contributed by atoms with E-state index in [1.807, 2.05) is 6.92 Å². The Kier molecular flexibility index (Phi) is 5.28. The van der Waals surface area contributed by atoms with Crippen molar-refractivity contribution in [3.8, 4) is 0 Å². The SMILES string of the molecule is CCOC(=O)N1CCN(C(=O)c2c(Cl)c(C)nn2CC)CC1. The molecule has 2 amide bonds. The van der Waals surface area contributed by atoms with E-state index < -0.39 is 0 Å². The van der Waals surface area contributed by atoms with Gasteiger partial charge in [0, 0.05) is 32.7 Å². The van der Waals surface area contributed by atoms with Gasteiger partial charge in [-0.05, 0) is 20.8 Å². The average Bonchev–Trinajstić information content (AvgIpc) is 2.82. The van der Waals surface area contributed by atoms with Crippen molar-refractivity contribution in [3.05, 3.63) is 16.4 Å². The first-order chi connectivity index (χ1) is 10.5. The lowest BCUT2D eigenvalue weighted by Gasteiger charge is -2.34. The summed E-state index contributed by atoms with van der Waals surface area (Å²) in [6, 6.07) is 0. The summed E-state index contributed by atoms with van der Waals surface area (Å²) in [5, 5.41) is 4.67. The summed E-state index contributed by atoms with van der Waals surface area (Å²) < 4.78 is 6.59. The number of rotatable bonds is 3. The Hall–Kier alpha value is -1.76. The summed E-state index contributed by atoms with van der Waals surface area (Å²) in [6.45, 7) is 8.24. The maximum Gasteiger partial charge on any atom is 0.409 e. The fourth-order valence-electron chi connectivity index (χ4n) is 2.45. The molecule has 0 radical (unpaired) electrons. The zero-order valence-corrected chi connectivity index (χ0v) is 13.9. The number of aromatic nitrogens is 2. The number of hydrogen-bond donors (Lipinski definition) is 0. The maximum absolute atomic E-state index is 12.7. The van der Waals surface area contributed by atoms with Crippen LogP contribution in [-0.2, 0) is 11.3 Å². The number of carbonyl (C=O) groups excluding carboxylic acids is 2. The molecule has 0 N–H and O–H groups in total. The first-order valence-electron chi connectivity index (χ1n) is 7.43. The topological polar surface area (TPSA) is 67.7 Å². The second kappa shape index (κ2) is 7.00. The Labute approximate surface area is 134 Å². The van der Waals surface area contributed by atoms with Gasteiger partial charge in [0.1, 0.15) is 5.69 Å². The van der Waals surface area contributed by atoms with E-state index >= 15 is 0 Å². The first kappa shape index (κ1) is 16.6. The summed E-state index contributed by atoms with van der Waals surface area (Å²) in [7, 11) is 0. The van der Waals surface area contributed by atoms with E-state index in [4.69, 9.17) is 16.3 Å². The smallest absolute Gasteiger partial charge is 0.409 e. The molecular weight excluding hydrogens is 308 g/mol. The normalized spacial score (nSPS) is 15.1. The third-order valence-electron chi connectivity index (χ3n) is 3.65. The number of amides is 2. The van der Waals surface area contributed by atoms with Gasteiger partial charge in [-0.2, -0.15) is 5.10 Å². The molecule has 2 heterocycles. The van der Waals surface area contributed by atoms with Gasteiger partial charge < -0.3 is 14.5 Å². The molecule has 8 heteroatoms. The molecule has 0 unspecified atom stereocenters. The molecule has 0 spiro atoms. The van der Waals surface area contributed by atoms with Gasteiger partial charge in [-0.1, -0.05) is 11.6 Å². The lowest BCUT2D eigenvalue weighted by atomic mass is 10.2. The van der Waals surface area contributed by atoms with Crippen LogP contribution in [0, 0.1) is 6.92 Å². The molecule has 2 rings (SSSR count). The predicted molar refractivity (Wildman–Crippen MR) is 82.1 cm³/mol. The number of carbonyl (C=O) groups is 2. The molecule has 1 saturated heterocycles. The van der Waals surface area contributed by atoms with E-state index in [9.17, 15) is 9.59 Å². The zero-order chi connectivity index (χ0) is 16.3. The number of aryl methyl sites for hydroxylation is 2. The third-order valence-corrected chi connectivity index (χ3v) is 4.10. The van der Waals surface area contributed by atoms with Crippen molar-refractivity contribution in [2.45, 2.75) is 27.3 Å². The lowest BCUT2D eigenvalue weighted by Crippen LogP contribution is -2.51. The van der Waals surface area contributed by atoms with Crippen LogP contribution in [-0.4, -0.2) is 64.4 Å². The molecule has 0 bridgehead atoms. The van der Waals surface area contributed by atoms with E-state index in [1.54, 1.807) is 28.3 Å². The number of piperazine rings is 1. The van der Waals surface area contributed by atoms with Gasteiger partial charge in [0.05, 0.1) is 17.3 Å². The van der Waals surface area contributed by atoms with E-state index in [0.717, 1.165) is 0 Å². The number of halogens is 1. The molecule has 1 aromatic rings. The third kappa shape index (κ3) is 3.19. The zero-order valence-electron chi connectivity index (χ0n) is 13.1. The summed E-state index contributed by atoms with van der Waals surface area (Å²) >= 11 is 6.21. The van der Waals surface area contributed by atoms with Crippen molar-refractivity contribution in [1.29, 1.82) is 0 Å². The second-order valence-electron chi connectivity index (χ2n) is 5.04. The highest BCUT2D eigenvalue weighted by atomic mass is 35.5. The van der Waals surface area contributed by atoms with Crippen LogP contribution in [0.25, 0.3) is 0 Å². The number of hydrogen-bond acceptors (Lipinski definition) is 4. The molecule has 1 aliphatic heterocycles. The highest BCUT2D eigenvalue weighted by molar-refractivity contribution is 6.34. The van der Waals surface area contributed by atoms with E-state index in [1.165, 1.54) is 0 Å². The minimum Gasteiger partial charge on any atom is -0.450 e. The van der Waals surface area contributed by atoms with Crippen LogP contribution in [0.15, 0.2) is 0 Å². The average molecular weight is 329 g/mol. The van der Waals surface area contributed by atoms with E-state index in [2.05, 4.69) is 5.10 Å². The van der Waals surface area contributed by atoms with Crippen molar-refractivity contribution >= 4 is 23.6 Å². The molecule has 122 valence electrons. The van der Waals surface area contributed by atoms with Gasteiger partial charge >= 0.3 is 6.09 Å². The number of ether oxygens (including phenoxy) is 1. The predicted octanol–water partition coefficient (Wildman–Crippen LogP) is 1.78. The van der Waals surface area contributed by atoms with Crippen LogP contribution in [0.5, 0.6) is 0 Å². The van der Waals surface area contributed by atoms with E-state index in [-0.39, 0.29) is 12.0 Å². The fourth-order valence-corrected chi connectivity index (χ4v) is 2.67. The van der Waals surface area contributed by atoms with Crippen LogP contribution < -0.4 is 0 Å². The maximum atomic E-state index is 12.7. The largest absolute Gasteiger partial charge is 0.450 e. The van der Waals surface area contributed by atoms with Gasteiger partial charge in [0.15, 0.2) is 0 Å². The van der Waals surface area contributed by atoms with Crippen molar-refractivity contribution < 1.29 is 14.3 Å². The van der Waals surface area contributed by atoms with Gasteiger partial charge in [0.25, 0.3) is 5.91 Å². The molecular formula is C14H21ClN4O3. The molecule has 1 fully saturated rings. The molecule has 0 aromatic carbocycles. The minimum atomic E-state index is -0.331. The van der Waals surface area contributed by atoms with Crippen LogP contribution >= 0.6 is 11.6 Å². The molecule has 22 heavy (non-hydrogen) atoms. The second-order valence-corrected chi connectivity index (χ2v) is 5.42. The molecule has 7 nitrogen and oxygen atoms in total. The Balaban J connectivity index is 2.06. The molecule has 0 aliphatic carbocycles. The van der Waals surface area contributed by atoms with Crippen LogP contribution in [0.2, 0.25) is 5.02 Å². The van der Waals surface area contributed by atoms with Gasteiger partial charge in [-0.15, -0.1) is 0 Å². The standard InChI is InChI=1S/C14H21ClN4O3/c1-4-19-12(11(15)10(3)16-19)13(20)17-6-8-18(9-7-17)14(21)22-5-2/h4-9H2,1-3H3. The van der Waals surface area contributed by atoms with Gasteiger partial charge in [-0.3, -0.25) is 9.48 Å². The Bertz CT molecular complexity index is 565. The van der Waals surface area contributed by atoms with Crippen molar-refractivity contribution in [1.82, 2.24) is 19.6 Å². The molecule has 0 saturated carbocycles. The van der Waals surface area contributed by atoms with Crippen molar-refractivity contribution in [2.24, 2.45) is 0 Å². The van der Waals surface area contributed by atoms with Crippen molar-refractivity contribution in [2.75, 3.05) is 32.8 Å². The summed E-state index contributed by atoms with van der Waals surface area (Å²) in [4.78, 5) is 27.6. The number of nitrogens with zero attached hydrogens (tertiary/aromatic N) is 4. The van der Waals surface area contributed by atoms with Crippen molar-refractivity contribution in [3.63, 3.8) is 0 Å². The van der Waals surface area contributed by atoms with E-state index in [0.29, 0.717) is 55.7 Å². The summed E-state index contributed by atoms with van der Waals surface area (Å²) in [6.07, 6.45) is -0.331. The van der Waals surface area contributed by atoms with Crippen LogP contribution in [0.1, 0.15) is 30.0 Å². The highest BCUT2D eigenvalue weighted by Gasteiger charge is 2.29. The minimum absolute atomic E-state index is 0.143. The monoisotopic (exact) mass is 328 g/mol. The molecule has 1 aliphatic rings. The Morgan fingerprint density at radius 3 is 2.32 bits per heavy atom. The Morgan fingerprint density at radius 2 is 1.77 bits per heavy atom. The van der Waals surface area contributed by atoms with Crippen LogP contribution in [0.4, 0.5) is 4.79 Å². The summed E-state index contributed by atoms with van der Waals surface area (Å²) in [5.41, 5.74) is 1.07.